The van der Waals surface area contributed by atoms with Gasteiger partial charge in [0.1, 0.15) is 0 Å². The van der Waals surface area contributed by atoms with Gasteiger partial charge < -0.3 is 15.4 Å². The molecule has 1 saturated heterocycles. The van der Waals surface area contributed by atoms with Crippen molar-refractivity contribution in [3.8, 4) is 0 Å². The molecule has 0 saturated carbocycles. The molecule has 0 radical (unpaired) electrons. The first-order chi connectivity index (χ1) is 7.74. The minimum atomic E-state index is -0.107. The lowest BCUT2D eigenvalue weighted by Crippen LogP contribution is -2.48. The highest BCUT2D eigenvalue weighted by Gasteiger charge is 2.19. The van der Waals surface area contributed by atoms with Gasteiger partial charge in [-0.25, -0.2) is 0 Å². The van der Waals surface area contributed by atoms with Gasteiger partial charge in [-0.1, -0.05) is 0 Å². The second-order valence-corrected chi connectivity index (χ2v) is 5.28. The molecule has 1 amide bonds. The molecular weight excluding hydrogens is 224 g/mol. The van der Waals surface area contributed by atoms with E-state index in [0.29, 0.717) is 19.2 Å². The lowest BCUT2D eigenvalue weighted by molar-refractivity contribution is -0.123. The first-order valence-electron chi connectivity index (χ1n) is 5.84. The van der Waals surface area contributed by atoms with Crippen LogP contribution in [0, 0.1) is 0 Å². The van der Waals surface area contributed by atoms with E-state index in [9.17, 15) is 4.79 Å². The summed E-state index contributed by atoms with van der Waals surface area (Å²) in [7, 11) is 1.63. The molecule has 1 rings (SSSR count). The largest absolute Gasteiger partial charge is 0.383 e. The molecule has 0 spiro atoms. The summed E-state index contributed by atoms with van der Waals surface area (Å²) in [5.74, 6) is 2.47. The average Bonchev–Trinajstić information content (AvgIpc) is 2.30. The van der Waals surface area contributed by atoms with Gasteiger partial charge in [0.15, 0.2) is 0 Å². The lowest BCUT2D eigenvalue weighted by Gasteiger charge is -2.25. The normalized spacial score (nSPS) is 19.4. The van der Waals surface area contributed by atoms with Crippen LogP contribution < -0.4 is 10.6 Å². The SMILES string of the molecule is COCCNC(=O)C(C)NC1CCSCC1. The van der Waals surface area contributed by atoms with E-state index in [1.54, 1.807) is 7.11 Å². The van der Waals surface area contributed by atoms with Crippen molar-refractivity contribution in [1.82, 2.24) is 10.6 Å². The summed E-state index contributed by atoms with van der Waals surface area (Å²) < 4.78 is 4.88. The van der Waals surface area contributed by atoms with Gasteiger partial charge >= 0.3 is 0 Å². The van der Waals surface area contributed by atoms with Gasteiger partial charge in [-0.05, 0) is 31.3 Å². The Hall–Kier alpha value is -0.260. The highest BCUT2D eigenvalue weighted by atomic mass is 32.2. The number of ether oxygens (including phenoxy) is 1. The fourth-order valence-corrected chi connectivity index (χ4v) is 2.83. The van der Waals surface area contributed by atoms with Gasteiger partial charge in [0.2, 0.25) is 5.91 Å². The molecule has 1 aliphatic heterocycles. The first-order valence-corrected chi connectivity index (χ1v) is 7.00. The smallest absolute Gasteiger partial charge is 0.236 e. The van der Waals surface area contributed by atoms with E-state index in [1.165, 1.54) is 24.3 Å². The monoisotopic (exact) mass is 246 g/mol. The van der Waals surface area contributed by atoms with Crippen molar-refractivity contribution in [2.75, 3.05) is 31.8 Å². The summed E-state index contributed by atoms with van der Waals surface area (Å²) >= 11 is 1.99. The van der Waals surface area contributed by atoms with Crippen LogP contribution in [0.4, 0.5) is 0 Å². The number of amides is 1. The average molecular weight is 246 g/mol. The maximum atomic E-state index is 11.7. The van der Waals surface area contributed by atoms with Crippen molar-refractivity contribution in [2.45, 2.75) is 31.8 Å². The highest BCUT2D eigenvalue weighted by molar-refractivity contribution is 7.99. The maximum Gasteiger partial charge on any atom is 0.236 e. The van der Waals surface area contributed by atoms with Crippen molar-refractivity contribution < 1.29 is 9.53 Å². The van der Waals surface area contributed by atoms with E-state index in [-0.39, 0.29) is 11.9 Å². The molecule has 2 N–H and O–H groups in total. The molecule has 1 unspecified atom stereocenters. The third kappa shape index (κ3) is 5.18. The summed E-state index contributed by atoms with van der Waals surface area (Å²) in [5, 5.41) is 6.22. The number of hydrogen-bond donors (Lipinski definition) is 2. The van der Waals surface area contributed by atoms with Crippen molar-refractivity contribution in [3.63, 3.8) is 0 Å². The highest BCUT2D eigenvalue weighted by Crippen LogP contribution is 2.17. The summed E-state index contributed by atoms with van der Waals surface area (Å²) in [6.07, 6.45) is 2.33. The van der Waals surface area contributed by atoms with Crippen LogP contribution in [-0.4, -0.2) is 49.8 Å². The van der Waals surface area contributed by atoms with Crippen LogP contribution >= 0.6 is 11.8 Å². The predicted octanol–water partition coefficient (Wildman–Crippen LogP) is 0.623. The topological polar surface area (TPSA) is 50.4 Å². The summed E-state index contributed by atoms with van der Waals surface area (Å²) in [4.78, 5) is 11.7. The molecule has 94 valence electrons. The standard InChI is InChI=1S/C11H22N2O2S/c1-9(11(14)12-5-6-15-2)13-10-3-7-16-8-4-10/h9-10,13H,3-8H2,1-2H3,(H,12,14). The van der Waals surface area contributed by atoms with Crippen LogP contribution in [0.25, 0.3) is 0 Å². The Morgan fingerprint density at radius 3 is 2.81 bits per heavy atom. The van der Waals surface area contributed by atoms with Crippen LogP contribution in [0.5, 0.6) is 0 Å². The van der Waals surface area contributed by atoms with E-state index in [4.69, 9.17) is 4.74 Å². The van der Waals surface area contributed by atoms with Crippen LogP contribution in [0.1, 0.15) is 19.8 Å². The molecule has 16 heavy (non-hydrogen) atoms. The summed E-state index contributed by atoms with van der Waals surface area (Å²) in [6, 6.07) is 0.398. The molecule has 1 fully saturated rings. The number of carbonyl (C=O) groups excluding carboxylic acids is 1. The number of nitrogens with one attached hydrogen (secondary N) is 2. The van der Waals surface area contributed by atoms with Gasteiger partial charge in [0, 0.05) is 19.7 Å². The fourth-order valence-electron chi connectivity index (χ4n) is 1.72. The Morgan fingerprint density at radius 1 is 1.50 bits per heavy atom. The minimum absolute atomic E-state index is 0.0651. The van der Waals surface area contributed by atoms with Crippen molar-refractivity contribution in [1.29, 1.82) is 0 Å². The van der Waals surface area contributed by atoms with Gasteiger partial charge in [0.25, 0.3) is 0 Å². The van der Waals surface area contributed by atoms with Crippen LogP contribution in [-0.2, 0) is 9.53 Å². The van der Waals surface area contributed by atoms with Crippen LogP contribution in [0.15, 0.2) is 0 Å². The van der Waals surface area contributed by atoms with E-state index in [0.717, 1.165) is 0 Å². The third-order valence-electron chi connectivity index (χ3n) is 2.71. The van der Waals surface area contributed by atoms with Crippen LogP contribution in [0.3, 0.4) is 0 Å². The molecule has 0 bridgehead atoms. The third-order valence-corrected chi connectivity index (χ3v) is 3.75. The van der Waals surface area contributed by atoms with Gasteiger partial charge in [0.05, 0.1) is 12.6 Å². The number of hydrogen-bond acceptors (Lipinski definition) is 4. The molecule has 1 atom stereocenters. The Kier molecular flexibility index (Phi) is 6.84. The molecule has 0 aromatic carbocycles. The molecule has 0 aromatic heterocycles. The molecule has 1 aliphatic rings. The zero-order valence-corrected chi connectivity index (χ0v) is 10.9. The quantitative estimate of drug-likeness (QED) is 0.675. The zero-order valence-electron chi connectivity index (χ0n) is 10.1. The number of carbonyl (C=O) groups is 1. The Morgan fingerprint density at radius 2 is 2.19 bits per heavy atom. The Labute approximate surface area is 102 Å². The maximum absolute atomic E-state index is 11.7. The Balaban J connectivity index is 2.16. The molecule has 5 heteroatoms. The fraction of sp³-hybridized carbons (Fsp3) is 0.909. The molecule has 4 nitrogen and oxygen atoms in total. The van der Waals surface area contributed by atoms with Gasteiger partial charge in [-0.2, -0.15) is 11.8 Å². The lowest BCUT2D eigenvalue weighted by atomic mass is 10.1. The van der Waals surface area contributed by atoms with Crippen molar-refractivity contribution in [2.24, 2.45) is 0 Å². The van der Waals surface area contributed by atoms with E-state index >= 15 is 0 Å². The molecule has 0 aromatic rings. The predicted molar refractivity (Wildman–Crippen MR) is 67.8 cm³/mol. The number of rotatable bonds is 6. The van der Waals surface area contributed by atoms with Crippen molar-refractivity contribution in [3.05, 3.63) is 0 Å². The second-order valence-electron chi connectivity index (χ2n) is 4.06. The van der Waals surface area contributed by atoms with Gasteiger partial charge in [-0.3, -0.25) is 4.79 Å². The van der Waals surface area contributed by atoms with Crippen molar-refractivity contribution >= 4 is 17.7 Å². The molecule has 0 aliphatic carbocycles. The Bertz CT molecular complexity index is 208. The minimum Gasteiger partial charge on any atom is -0.383 e. The van der Waals surface area contributed by atoms with Gasteiger partial charge in [-0.15, -0.1) is 0 Å². The second kappa shape index (κ2) is 7.92. The summed E-state index contributed by atoms with van der Waals surface area (Å²) in [5.41, 5.74) is 0. The molecular formula is C11H22N2O2S. The van der Waals surface area contributed by atoms with Crippen LogP contribution in [0.2, 0.25) is 0 Å². The van der Waals surface area contributed by atoms with E-state index in [1.807, 2.05) is 18.7 Å². The number of methoxy groups -OCH3 is 1. The molecule has 1 heterocycles. The number of thioether (sulfide) groups is 1. The summed E-state index contributed by atoms with van der Waals surface area (Å²) in [6.45, 7) is 3.07. The van der Waals surface area contributed by atoms with E-state index < -0.39 is 0 Å². The van der Waals surface area contributed by atoms with E-state index in [2.05, 4.69) is 10.6 Å². The zero-order chi connectivity index (χ0) is 11.8. The first kappa shape index (κ1) is 13.8.